The van der Waals surface area contributed by atoms with E-state index >= 15 is 0 Å². The average Bonchev–Trinajstić information content (AvgIpc) is 3.28. The molecule has 0 spiro atoms. The van der Waals surface area contributed by atoms with Crippen molar-refractivity contribution in [3.05, 3.63) is 81.7 Å². The van der Waals surface area contributed by atoms with Crippen LogP contribution < -0.4 is 20.1 Å². The third-order valence-corrected chi connectivity index (χ3v) is 7.17. The van der Waals surface area contributed by atoms with Crippen LogP contribution in [-0.2, 0) is 4.79 Å². The van der Waals surface area contributed by atoms with Gasteiger partial charge in [-0.15, -0.1) is 11.3 Å². The highest BCUT2D eigenvalue weighted by Crippen LogP contribution is 2.45. The first-order valence-electron chi connectivity index (χ1n) is 11.3. The van der Waals surface area contributed by atoms with Crippen LogP contribution in [-0.4, -0.2) is 19.0 Å². The Bertz CT molecular complexity index is 1200. The van der Waals surface area contributed by atoms with Gasteiger partial charge in [0.15, 0.2) is 17.3 Å². The number of benzene rings is 2. The second-order valence-electron chi connectivity index (χ2n) is 8.76. The SMILES string of the molecule is COc1cc(C2Nc3ccccc3NC3=C2C(=O)CC(c2cccs2)C3)ccc1OC(C)C. The van der Waals surface area contributed by atoms with Gasteiger partial charge in [0.2, 0.25) is 0 Å². The number of fused-ring (bicyclic) bond motifs is 1. The lowest BCUT2D eigenvalue weighted by Crippen LogP contribution is -2.26. The van der Waals surface area contributed by atoms with Crippen LogP contribution in [0, 0.1) is 0 Å². The van der Waals surface area contributed by atoms with Crippen LogP contribution in [0.1, 0.15) is 49.1 Å². The average molecular weight is 461 g/mol. The molecule has 1 aromatic heterocycles. The molecule has 2 N–H and O–H groups in total. The third kappa shape index (κ3) is 4.23. The topological polar surface area (TPSA) is 59.6 Å². The van der Waals surface area contributed by atoms with E-state index in [2.05, 4.69) is 34.2 Å². The number of thiophene rings is 1. The zero-order chi connectivity index (χ0) is 22.9. The summed E-state index contributed by atoms with van der Waals surface area (Å²) >= 11 is 1.72. The van der Waals surface area contributed by atoms with Gasteiger partial charge >= 0.3 is 0 Å². The summed E-state index contributed by atoms with van der Waals surface area (Å²) in [5.74, 6) is 1.74. The van der Waals surface area contributed by atoms with Crippen LogP contribution in [0.15, 0.2) is 71.2 Å². The summed E-state index contributed by atoms with van der Waals surface area (Å²) in [7, 11) is 1.64. The molecule has 33 heavy (non-hydrogen) atoms. The fraction of sp³-hybridized carbons (Fsp3) is 0.296. The molecule has 5 rings (SSSR count). The molecule has 0 saturated carbocycles. The van der Waals surface area contributed by atoms with Gasteiger partial charge in [0.25, 0.3) is 0 Å². The lowest BCUT2D eigenvalue weighted by molar-refractivity contribution is -0.116. The summed E-state index contributed by atoms with van der Waals surface area (Å²) in [6, 6.07) is 18.0. The smallest absolute Gasteiger partial charge is 0.163 e. The maximum atomic E-state index is 13.6. The molecule has 5 nitrogen and oxygen atoms in total. The molecule has 0 radical (unpaired) electrons. The molecule has 3 aromatic rings. The van der Waals surface area contributed by atoms with E-state index in [1.807, 2.05) is 50.2 Å². The highest BCUT2D eigenvalue weighted by atomic mass is 32.1. The van der Waals surface area contributed by atoms with Gasteiger partial charge in [0, 0.05) is 28.5 Å². The Morgan fingerprint density at radius 2 is 1.82 bits per heavy atom. The molecular formula is C27H28N2O3S. The molecule has 2 heterocycles. The van der Waals surface area contributed by atoms with Crippen LogP contribution in [0.5, 0.6) is 11.5 Å². The molecule has 6 heteroatoms. The van der Waals surface area contributed by atoms with E-state index in [1.165, 1.54) is 4.88 Å². The van der Waals surface area contributed by atoms with Gasteiger partial charge in [-0.1, -0.05) is 24.3 Å². The predicted octanol–water partition coefficient (Wildman–Crippen LogP) is 6.52. The van der Waals surface area contributed by atoms with Gasteiger partial charge in [-0.25, -0.2) is 0 Å². The van der Waals surface area contributed by atoms with Crippen molar-refractivity contribution in [1.29, 1.82) is 0 Å². The highest BCUT2D eigenvalue weighted by Gasteiger charge is 2.36. The number of allylic oxidation sites excluding steroid dienone is 1. The summed E-state index contributed by atoms with van der Waals surface area (Å²) in [6.45, 7) is 3.98. The summed E-state index contributed by atoms with van der Waals surface area (Å²) < 4.78 is 11.5. The Labute approximate surface area is 198 Å². The van der Waals surface area contributed by atoms with E-state index in [0.717, 1.165) is 34.6 Å². The van der Waals surface area contributed by atoms with Crippen molar-refractivity contribution >= 4 is 28.5 Å². The molecule has 170 valence electrons. The third-order valence-electron chi connectivity index (χ3n) is 6.14. The van der Waals surface area contributed by atoms with E-state index in [1.54, 1.807) is 18.4 Å². The van der Waals surface area contributed by atoms with Crippen molar-refractivity contribution < 1.29 is 14.3 Å². The molecule has 1 aliphatic heterocycles. The Kier molecular flexibility index (Phi) is 5.85. The molecule has 2 atom stereocenters. The number of Topliss-reactive ketones (excluding diaryl/α,β-unsaturated/α-hetero) is 1. The zero-order valence-corrected chi connectivity index (χ0v) is 19.9. The van der Waals surface area contributed by atoms with Gasteiger partial charge < -0.3 is 20.1 Å². The number of ketones is 1. The Hall–Kier alpha value is -3.25. The van der Waals surface area contributed by atoms with E-state index in [9.17, 15) is 4.79 Å². The Morgan fingerprint density at radius 1 is 1.00 bits per heavy atom. The monoisotopic (exact) mass is 460 g/mol. The molecule has 1 aliphatic carbocycles. The van der Waals surface area contributed by atoms with Crippen molar-refractivity contribution in [3.8, 4) is 11.5 Å². The quantitative estimate of drug-likeness (QED) is 0.454. The summed E-state index contributed by atoms with van der Waals surface area (Å²) in [5.41, 5.74) is 4.72. The molecule has 0 fully saturated rings. The number of rotatable bonds is 5. The van der Waals surface area contributed by atoms with Crippen LogP contribution in [0.3, 0.4) is 0 Å². The second kappa shape index (κ2) is 8.94. The maximum absolute atomic E-state index is 13.6. The van der Waals surface area contributed by atoms with E-state index in [-0.39, 0.29) is 23.8 Å². The zero-order valence-electron chi connectivity index (χ0n) is 19.1. The predicted molar refractivity (Wildman–Crippen MR) is 134 cm³/mol. The fourth-order valence-electron chi connectivity index (χ4n) is 4.68. The molecule has 0 bridgehead atoms. The normalized spacial score (nSPS) is 19.8. The number of hydrogen-bond donors (Lipinski definition) is 2. The van der Waals surface area contributed by atoms with Gasteiger partial charge in [0.1, 0.15) is 0 Å². The maximum Gasteiger partial charge on any atom is 0.163 e. The summed E-state index contributed by atoms with van der Waals surface area (Å²) in [6.07, 6.45) is 1.36. The number of carbonyl (C=O) groups is 1. The van der Waals surface area contributed by atoms with Gasteiger partial charge in [0.05, 0.1) is 30.6 Å². The van der Waals surface area contributed by atoms with Crippen molar-refractivity contribution in [2.24, 2.45) is 0 Å². The molecule has 2 unspecified atom stereocenters. The first kappa shape index (κ1) is 21.6. The standard InChI is InChI=1S/C27H28N2O3S/c1-16(2)32-23-11-10-17(15-24(23)31-3)27-26-21(28-19-7-4-5-8-20(19)29-27)13-18(14-22(26)30)25-9-6-12-33-25/h4-12,15-16,18,27-29H,13-14H2,1-3H3. The molecule has 0 saturated heterocycles. The van der Waals surface area contributed by atoms with Crippen LogP contribution in [0.25, 0.3) is 0 Å². The Balaban J connectivity index is 1.60. The van der Waals surface area contributed by atoms with E-state index in [0.29, 0.717) is 17.9 Å². The van der Waals surface area contributed by atoms with Crippen molar-refractivity contribution in [2.45, 2.75) is 44.8 Å². The van der Waals surface area contributed by atoms with Crippen molar-refractivity contribution in [2.75, 3.05) is 17.7 Å². The first-order chi connectivity index (χ1) is 16.0. The van der Waals surface area contributed by atoms with Crippen LogP contribution in [0.2, 0.25) is 0 Å². The lowest BCUT2D eigenvalue weighted by atomic mass is 9.80. The summed E-state index contributed by atoms with van der Waals surface area (Å²) in [5, 5.41) is 9.31. The number of ether oxygens (including phenoxy) is 2. The highest BCUT2D eigenvalue weighted by molar-refractivity contribution is 7.10. The molecular weight excluding hydrogens is 432 g/mol. The number of para-hydroxylation sites is 2. The van der Waals surface area contributed by atoms with Crippen molar-refractivity contribution in [1.82, 2.24) is 0 Å². The molecule has 0 amide bonds. The molecule has 2 aliphatic rings. The van der Waals surface area contributed by atoms with Gasteiger partial charge in [-0.3, -0.25) is 4.79 Å². The van der Waals surface area contributed by atoms with Gasteiger partial charge in [-0.2, -0.15) is 0 Å². The minimum Gasteiger partial charge on any atom is -0.493 e. The fourth-order valence-corrected chi connectivity index (χ4v) is 5.51. The van der Waals surface area contributed by atoms with Crippen LogP contribution >= 0.6 is 11.3 Å². The molecule has 2 aromatic carbocycles. The Morgan fingerprint density at radius 3 is 2.55 bits per heavy atom. The van der Waals surface area contributed by atoms with Crippen molar-refractivity contribution in [3.63, 3.8) is 0 Å². The number of carbonyl (C=O) groups excluding carboxylic acids is 1. The number of nitrogens with one attached hydrogen (secondary N) is 2. The number of hydrogen-bond acceptors (Lipinski definition) is 6. The van der Waals surface area contributed by atoms with E-state index in [4.69, 9.17) is 9.47 Å². The number of anilines is 2. The first-order valence-corrected chi connectivity index (χ1v) is 12.2. The van der Waals surface area contributed by atoms with Crippen LogP contribution in [0.4, 0.5) is 11.4 Å². The number of methoxy groups -OCH3 is 1. The lowest BCUT2D eigenvalue weighted by Gasteiger charge is -2.29. The summed E-state index contributed by atoms with van der Waals surface area (Å²) in [4.78, 5) is 14.9. The minimum atomic E-state index is -0.282. The van der Waals surface area contributed by atoms with E-state index < -0.39 is 0 Å². The minimum absolute atomic E-state index is 0.0419. The largest absolute Gasteiger partial charge is 0.493 e. The van der Waals surface area contributed by atoms with Gasteiger partial charge in [-0.05, 0) is 61.5 Å². The second-order valence-corrected chi connectivity index (χ2v) is 9.74.